The van der Waals surface area contributed by atoms with Gasteiger partial charge in [0.05, 0.1) is 23.8 Å². The highest BCUT2D eigenvalue weighted by atomic mass is 19.1. The zero-order chi connectivity index (χ0) is 13.3. The fourth-order valence-corrected chi connectivity index (χ4v) is 1.88. The van der Waals surface area contributed by atoms with Crippen molar-refractivity contribution < 1.29 is 9.50 Å². The van der Waals surface area contributed by atoms with E-state index in [-0.39, 0.29) is 5.56 Å². The molecule has 0 saturated carbocycles. The Morgan fingerprint density at radius 2 is 2.22 bits per heavy atom. The van der Waals surface area contributed by atoms with Crippen LogP contribution in [0, 0.1) is 17.1 Å². The molecule has 0 aliphatic heterocycles. The van der Waals surface area contributed by atoms with Crippen LogP contribution >= 0.6 is 0 Å². The van der Waals surface area contributed by atoms with E-state index < -0.39 is 11.4 Å². The van der Waals surface area contributed by atoms with Crippen LogP contribution in [-0.2, 0) is 12.6 Å². The number of nitrogens with zero attached hydrogens (tertiary/aromatic N) is 3. The summed E-state index contributed by atoms with van der Waals surface area (Å²) in [5.74, 6) is -0.641. The molecule has 18 heavy (non-hydrogen) atoms. The fraction of sp³-hybridized carbons (Fsp3) is 0.231. The highest BCUT2D eigenvalue weighted by molar-refractivity contribution is 5.38. The van der Waals surface area contributed by atoms with Gasteiger partial charge in [-0.2, -0.15) is 5.26 Å². The number of halogens is 1. The van der Waals surface area contributed by atoms with Gasteiger partial charge in [0.15, 0.2) is 0 Å². The van der Waals surface area contributed by atoms with Gasteiger partial charge in [-0.1, -0.05) is 6.07 Å². The van der Waals surface area contributed by atoms with E-state index in [1.54, 1.807) is 30.9 Å². The fourth-order valence-electron chi connectivity index (χ4n) is 1.88. The summed E-state index contributed by atoms with van der Waals surface area (Å²) in [5.41, 5.74) is -0.478. The molecule has 1 aromatic carbocycles. The van der Waals surface area contributed by atoms with E-state index in [9.17, 15) is 9.50 Å². The summed E-state index contributed by atoms with van der Waals surface area (Å²) in [6, 6.07) is 5.81. The van der Waals surface area contributed by atoms with Crippen molar-refractivity contribution in [3.05, 3.63) is 53.4 Å². The number of aryl methyl sites for hydroxylation is 1. The molecule has 0 bridgehead atoms. The lowest BCUT2D eigenvalue weighted by Crippen LogP contribution is -2.25. The first kappa shape index (κ1) is 12.3. The summed E-state index contributed by atoms with van der Waals surface area (Å²) < 4.78 is 15.2. The number of aliphatic hydroxyl groups is 1. The molecule has 0 aliphatic rings. The molecule has 5 heteroatoms. The summed E-state index contributed by atoms with van der Waals surface area (Å²) >= 11 is 0. The monoisotopic (exact) mass is 245 g/mol. The largest absolute Gasteiger partial charge is 0.379 e. The van der Waals surface area contributed by atoms with Crippen LogP contribution in [-0.4, -0.2) is 14.7 Å². The van der Waals surface area contributed by atoms with E-state index in [0.717, 1.165) is 0 Å². The summed E-state index contributed by atoms with van der Waals surface area (Å²) in [7, 11) is 1.75. The zero-order valence-electron chi connectivity index (χ0n) is 10.1. The van der Waals surface area contributed by atoms with E-state index in [1.165, 1.54) is 24.4 Å². The summed E-state index contributed by atoms with van der Waals surface area (Å²) in [6.45, 7) is 1.56. The second kappa shape index (κ2) is 4.24. The van der Waals surface area contributed by atoms with Gasteiger partial charge < -0.3 is 9.67 Å². The van der Waals surface area contributed by atoms with Gasteiger partial charge >= 0.3 is 0 Å². The Morgan fingerprint density at radius 1 is 1.50 bits per heavy atom. The van der Waals surface area contributed by atoms with Crippen molar-refractivity contribution in [2.75, 3.05) is 0 Å². The molecule has 92 valence electrons. The second-order valence-electron chi connectivity index (χ2n) is 4.27. The molecular formula is C13H12FN3O. The lowest BCUT2D eigenvalue weighted by Gasteiger charge is -2.24. The predicted octanol–water partition coefficient (Wildman–Crippen LogP) is 1.69. The minimum Gasteiger partial charge on any atom is -0.379 e. The normalized spacial score (nSPS) is 13.9. The molecule has 0 saturated heterocycles. The quantitative estimate of drug-likeness (QED) is 0.875. The second-order valence-corrected chi connectivity index (χ2v) is 4.27. The van der Waals surface area contributed by atoms with Crippen LogP contribution in [0.5, 0.6) is 0 Å². The highest BCUT2D eigenvalue weighted by Crippen LogP contribution is 2.29. The van der Waals surface area contributed by atoms with E-state index in [0.29, 0.717) is 11.3 Å². The molecule has 0 aliphatic carbocycles. The third kappa shape index (κ3) is 1.87. The van der Waals surface area contributed by atoms with Gasteiger partial charge in [0.25, 0.3) is 0 Å². The third-order valence-electron chi connectivity index (χ3n) is 2.97. The first-order valence-electron chi connectivity index (χ1n) is 5.36. The Kier molecular flexibility index (Phi) is 2.89. The van der Waals surface area contributed by atoms with Crippen molar-refractivity contribution in [3.63, 3.8) is 0 Å². The molecule has 1 unspecified atom stereocenters. The summed E-state index contributed by atoms with van der Waals surface area (Å²) in [4.78, 5) is 3.93. The zero-order valence-corrected chi connectivity index (χ0v) is 10.1. The summed E-state index contributed by atoms with van der Waals surface area (Å²) in [5, 5.41) is 19.2. The van der Waals surface area contributed by atoms with Crippen LogP contribution in [0.1, 0.15) is 23.7 Å². The summed E-state index contributed by atoms with van der Waals surface area (Å²) in [6.07, 6.45) is 3.08. The van der Waals surface area contributed by atoms with Gasteiger partial charge in [-0.25, -0.2) is 9.37 Å². The molecule has 0 radical (unpaired) electrons. The van der Waals surface area contributed by atoms with E-state index >= 15 is 0 Å². The smallest absolute Gasteiger partial charge is 0.141 e. The highest BCUT2D eigenvalue weighted by Gasteiger charge is 2.29. The van der Waals surface area contributed by atoms with Gasteiger partial charge in [-0.05, 0) is 24.6 Å². The number of imidazole rings is 1. The molecule has 2 aromatic rings. The molecule has 0 amide bonds. The number of nitriles is 1. The van der Waals surface area contributed by atoms with Gasteiger partial charge in [0.1, 0.15) is 17.5 Å². The average molecular weight is 245 g/mol. The molecule has 1 N–H and O–H groups in total. The van der Waals surface area contributed by atoms with E-state index in [2.05, 4.69) is 4.98 Å². The minimum atomic E-state index is -1.36. The Morgan fingerprint density at radius 3 is 2.72 bits per heavy atom. The van der Waals surface area contributed by atoms with Crippen molar-refractivity contribution >= 4 is 0 Å². The Labute approximate surface area is 104 Å². The maximum Gasteiger partial charge on any atom is 0.141 e. The predicted molar refractivity (Wildman–Crippen MR) is 63.0 cm³/mol. The lowest BCUT2D eigenvalue weighted by atomic mass is 9.92. The third-order valence-corrected chi connectivity index (χ3v) is 2.97. The molecule has 1 atom stereocenters. The molecule has 0 spiro atoms. The van der Waals surface area contributed by atoms with E-state index in [4.69, 9.17) is 5.26 Å². The van der Waals surface area contributed by atoms with Gasteiger partial charge in [0, 0.05) is 7.05 Å². The van der Waals surface area contributed by atoms with Crippen molar-refractivity contribution in [2.45, 2.75) is 12.5 Å². The standard InChI is InChI=1S/C13H12FN3O/c1-13(18,12-7-16-8-17(12)2)10-4-3-9(6-15)11(14)5-10/h3-5,7-8,18H,1-2H3. The van der Waals surface area contributed by atoms with Crippen LogP contribution in [0.15, 0.2) is 30.7 Å². The number of aromatic nitrogens is 2. The maximum atomic E-state index is 13.6. The van der Waals surface area contributed by atoms with Crippen LogP contribution in [0.3, 0.4) is 0 Å². The lowest BCUT2D eigenvalue weighted by molar-refractivity contribution is 0.0938. The van der Waals surface area contributed by atoms with Crippen molar-refractivity contribution in [2.24, 2.45) is 7.05 Å². The number of hydrogen-bond donors (Lipinski definition) is 1. The molecule has 4 nitrogen and oxygen atoms in total. The van der Waals surface area contributed by atoms with Gasteiger partial charge in [-0.3, -0.25) is 0 Å². The van der Waals surface area contributed by atoms with Crippen LogP contribution in [0.4, 0.5) is 4.39 Å². The van der Waals surface area contributed by atoms with Crippen molar-refractivity contribution in [3.8, 4) is 6.07 Å². The molecule has 1 aromatic heterocycles. The first-order chi connectivity index (χ1) is 8.46. The van der Waals surface area contributed by atoms with Crippen LogP contribution in [0.2, 0.25) is 0 Å². The van der Waals surface area contributed by atoms with E-state index in [1.807, 2.05) is 0 Å². The van der Waals surface area contributed by atoms with Crippen molar-refractivity contribution in [1.29, 1.82) is 5.26 Å². The topological polar surface area (TPSA) is 61.8 Å². The number of hydrogen-bond acceptors (Lipinski definition) is 3. The van der Waals surface area contributed by atoms with Gasteiger partial charge in [-0.15, -0.1) is 0 Å². The average Bonchev–Trinajstić information content (AvgIpc) is 2.76. The molecule has 2 rings (SSSR count). The number of rotatable bonds is 2. The van der Waals surface area contributed by atoms with Gasteiger partial charge in [0.2, 0.25) is 0 Å². The SMILES string of the molecule is Cn1cncc1C(C)(O)c1ccc(C#N)c(F)c1. The van der Waals surface area contributed by atoms with Crippen LogP contribution < -0.4 is 0 Å². The number of benzene rings is 1. The molecule has 0 fully saturated rings. The molecule has 1 heterocycles. The minimum absolute atomic E-state index is 0.0421. The Bertz CT molecular complexity index is 625. The van der Waals surface area contributed by atoms with Crippen molar-refractivity contribution in [1.82, 2.24) is 9.55 Å². The maximum absolute atomic E-state index is 13.6. The Hall–Kier alpha value is -2.19. The molecular weight excluding hydrogens is 233 g/mol. The Balaban J connectivity index is 2.52. The van der Waals surface area contributed by atoms with Crippen LogP contribution in [0.25, 0.3) is 0 Å². The first-order valence-corrected chi connectivity index (χ1v) is 5.36.